The number of hydrogen-bond acceptors (Lipinski definition) is 5. The van der Waals surface area contributed by atoms with Gasteiger partial charge >= 0.3 is 0 Å². The van der Waals surface area contributed by atoms with Gasteiger partial charge in [-0.2, -0.15) is 0 Å². The number of benzene rings is 3. The van der Waals surface area contributed by atoms with Crippen molar-refractivity contribution >= 4 is 27.3 Å². The summed E-state index contributed by atoms with van der Waals surface area (Å²) >= 11 is 0. The SMILES string of the molecule is CCOc1ccc(NC(=O)C2CN(S(=O)(=O)c3ccccc3)c3ccccc3O2)cc1. The Morgan fingerprint density at radius 1 is 1.03 bits per heavy atom. The molecule has 0 saturated carbocycles. The van der Waals surface area contributed by atoms with Crippen molar-refractivity contribution in [3.8, 4) is 11.5 Å². The highest BCUT2D eigenvalue weighted by Gasteiger charge is 2.37. The Hall–Kier alpha value is -3.52. The average Bonchev–Trinajstić information content (AvgIpc) is 2.80. The first-order valence-corrected chi connectivity index (χ1v) is 11.3. The van der Waals surface area contributed by atoms with Gasteiger partial charge in [-0.25, -0.2) is 8.42 Å². The smallest absolute Gasteiger partial charge is 0.267 e. The van der Waals surface area contributed by atoms with E-state index in [0.717, 1.165) is 0 Å². The van der Waals surface area contributed by atoms with Gasteiger partial charge in [0.1, 0.15) is 11.5 Å². The Balaban J connectivity index is 1.60. The Bertz CT molecular complexity index is 1160. The Morgan fingerprint density at radius 2 is 1.71 bits per heavy atom. The number of ether oxygens (including phenoxy) is 2. The van der Waals surface area contributed by atoms with Gasteiger partial charge in [0.2, 0.25) is 0 Å². The number of amides is 1. The minimum atomic E-state index is -3.87. The molecule has 1 amide bonds. The average molecular weight is 439 g/mol. The number of nitrogens with zero attached hydrogens (tertiary/aromatic N) is 1. The molecule has 3 aromatic rings. The lowest BCUT2D eigenvalue weighted by atomic mass is 10.2. The van der Waals surface area contributed by atoms with Crippen molar-refractivity contribution in [2.75, 3.05) is 22.8 Å². The third kappa shape index (κ3) is 4.34. The molecule has 31 heavy (non-hydrogen) atoms. The minimum absolute atomic E-state index is 0.142. The molecule has 8 heteroatoms. The zero-order chi connectivity index (χ0) is 21.8. The summed E-state index contributed by atoms with van der Waals surface area (Å²) in [6.45, 7) is 2.30. The van der Waals surface area contributed by atoms with Crippen molar-refractivity contribution in [2.24, 2.45) is 0 Å². The molecular formula is C23H22N2O5S. The number of carbonyl (C=O) groups is 1. The van der Waals surface area contributed by atoms with E-state index in [1.807, 2.05) is 6.92 Å². The van der Waals surface area contributed by atoms with Crippen LogP contribution in [0.15, 0.2) is 83.8 Å². The molecule has 1 aliphatic heterocycles. The monoisotopic (exact) mass is 438 g/mol. The molecule has 0 aromatic heterocycles. The lowest BCUT2D eigenvalue weighted by molar-refractivity contribution is -0.122. The molecule has 3 aromatic carbocycles. The maximum atomic E-state index is 13.3. The Kier molecular flexibility index (Phi) is 5.81. The summed E-state index contributed by atoms with van der Waals surface area (Å²) in [6, 6.07) is 21.9. The van der Waals surface area contributed by atoms with Crippen LogP contribution in [0.25, 0.3) is 0 Å². The highest BCUT2D eigenvalue weighted by atomic mass is 32.2. The largest absolute Gasteiger partial charge is 0.494 e. The molecule has 1 atom stereocenters. The first kappa shape index (κ1) is 20.7. The van der Waals surface area contributed by atoms with Gasteiger partial charge < -0.3 is 14.8 Å². The van der Waals surface area contributed by atoms with Crippen LogP contribution in [0.3, 0.4) is 0 Å². The summed E-state index contributed by atoms with van der Waals surface area (Å²) < 4.78 is 39.1. The second kappa shape index (κ2) is 8.69. The quantitative estimate of drug-likeness (QED) is 0.635. The fraction of sp³-hybridized carbons (Fsp3) is 0.174. The number of sulfonamides is 1. The van der Waals surface area contributed by atoms with E-state index in [4.69, 9.17) is 9.47 Å². The lowest BCUT2D eigenvalue weighted by Gasteiger charge is -2.34. The summed E-state index contributed by atoms with van der Waals surface area (Å²) in [5.41, 5.74) is 0.963. The van der Waals surface area contributed by atoms with Gasteiger partial charge in [0.05, 0.1) is 23.7 Å². The molecule has 0 spiro atoms. The van der Waals surface area contributed by atoms with E-state index < -0.39 is 22.0 Å². The van der Waals surface area contributed by atoms with Gasteiger partial charge in [-0.15, -0.1) is 0 Å². The van der Waals surface area contributed by atoms with Gasteiger partial charge in [0, 0.05) is 5.69 Å². The van der Waals surface area contributed by atoms with Crippen LogP contribution in [-0.4, -0.2) is 33.6 Å². The van der Waals surface area contributed by atoms with Gasteiger partial charge in [-0.1, -0.05) is 30.3 Å². The zero-order valence-electron chi connectivity index (χ0n) is 16.9. The molecule has 1 heterocycles. The summed E-state index contributed by atoms with van der Waals surface area (Å²) in [7, 11) is -3.87. The van der Waals surface area contributed by atoms with Crippen molar-refractivity contribution < 1.29 is 22.7 Å². The molecule has 1 aliphatic rings. The van der Waals surface area contributed by atoms with Gasteiger partial charge in [-0.3, -0.25) is 9.10 Å². The normalized spacial score (nSPS) is 15.5. The van der Waals surface area contributed by atoms with Crippen LogP contribution in [0.2, 0.25) is 0 Å². The fourth-order valence-electron chi connectivity index (χ4n) is 3.31. The highest BCUT2D eigenvalue weighted by molar-refractivity contribution is 7.92. The maximum Gasteiger partial charge on any atom is 0.267 e. The van der Waals surface area contributed by atoms with Crippen molar-refractivity contribution in [1.82, 2.24) is 0 Å². The van der Waals surface area contributed by atoms with Gasteiger partial charge in [0.25, 0.3) is 15.9 Å². The van der Waals surface area contributed by atoms with E-state index >= 15 is 0 Å². The van der Waals surface area contributed by atoms with E-state index in [-0.39, 0.29) is 11.4 Å². The molecule has 4 rings (SSSR count). The zero-order valence-corrected chi connectivity index (χ0v) is 17.7. The maximum absolute atomic E-state index is 13.3. The number of carbonyl (C=O) groups excluding carboxylic acids is 1. The Morgan fingerprint density at radius 3 is 2.42 bits per heavy atom. The van der Waals surface area contributed by atoms with Crippen LogP contribution >= 0.6 is 0 Å². The topological polar surface area (TPSA) is 84.9 Å². The lowest BCUT2D eigenvalue weighted by Crippen LogP contribution is -2.48. The van der Waals surface area contributed by atoms with Crippen LogP contribution in [0, 0.1) is 0 Å². The predicted octanol–water partition coefficient (Wildman–Crippen LogP) is 3.68. The first-order chi connectivity index (χ1) is 15.0. The van der Waals surface area contributed by atoms with Crippen LogP contribution in [0.1, 0.15) is 6.92 Å². The second-order valence-corrected chi connectivity index (χ2v) is 8.73. The molecular weight excluding hydrogens is 416 g/mol. The highest BCUT2D eigenvalue weighted by Crippen LogP contribution is 2.37. The molecule has 1 N–H and O–H groups in total. The van der Waals surface area contributed by atoms with E-state index in [1.165, 1.54) is 16.4 Å². The minimum Gasteiger partial charge on any atom is -0.494 e. The van der Waals surface area contributed by atoms with Crippen molar-refractivity contribution in [1.29, 1.82) is 0 Å². The number of para-hydroxylation sites is 2. The molecule has 0 saturated heterocycles. The van der Waals surface area contributed by atoms with Crippen LogP contribution in [0.4, 0.5) is 11.4 Å². The number of nitrogens with one attached hydrogen (secondary N) is 1. The summed E-state index contributed by atoms with van der Waals surface area (Å²) in [4.78, 5) is 13.1. The van der Waals surface area contributed by atoms with Gasteiger partial charge in [-0.05, 0) is 55.5 Å². The summed E-state index contributed by atoms with van der Waals surface area (Å²) in [6.07, 6.45) is -1.01. The van der Waals surface area contributed by atoms with Gasteiger partial charge in [0.15, 0.2) is 6.10 Å². The van der Waals surface area contributed by atoms with Crippen molar-refractivity contribution in [2.45, 2.75) is 17.9 Å². The predicted molar refractivity (Wildman–Crippen MR) is 118 cm³/mol. The van der Waals surface area contributed by atoms with Crippen molar-refractivity contribution in [3.63, 3.8) is 0 Å². The molecule has 0 fully saturated rings. The summed E-state index contributed by atoms with van der Waals surface area (Å²) in [5, 5.41) is 2.78. The Labute approximate surface area is 181 Å². The van der Waals surface area contributed by atoms with Crippen LogP contribution < -0.4 is 19.1 Å². The fourth-order valence-corrected chi connectivity index (χ4v) is 4.81. The number of anilines is 2. The standard InChI is InChI=1S/C23H22N2O5S/c1-2-29-18-14-12-17(13-15-18)24-23(26)22-16-25(20-10-6-7-11-21(20)30-22)31(27,28)19-8-4-3-5-9-19/h3-15,22H,2,16H2,1H3,(H,24,26). The van der Waals surface area contributed by atoms with Crippen molar-refractivity contribution in [3.05, 3.63) is 78.9 Å². The third-order valence-electron chi connectivity index (χ3n) is 4.79. The van der Waals surface area contributed by atoms with Crippen LogP contribution in [-0.2, 0) is 14.8 Å². The van der Waals surface area contributed by atoms with E-state index in [0.29, 0.717) is 29.5 Å². The number of rotatable bonds is 6. The second-order valence-electron chi connectivity index (χ2n) is 6.87. The number of hydrogen-bond donors (Lipinski definition) is 1. The molecule has 160 valence electrons. The molecule has 0 radical (unpaired) electrons. The third-order valence-corrected chi connectivity index (χ3v) is 6.59. The molecule has 1 unspecified atom stereocenters. The van der Waals surface area contributed by atoms with E-state index in [9.17, 15) is 13.2 Å². The summed E-state index contributed by atoms with van der Waals surface area (Å²) in [5.74, 6) is 0.593. The molecule has 0 aliphatic carbocycles. The van der Waals surface area contributed by atoms with E-state index in [1.54, 1.807) is 66.7 Å². The van der Waals surface area contributed by atoms with Crippen LogP contribution in [0.5, 0.6) is 11.5 Å². The first-order valence-electron chi connectivity index (χ1n) is 9.86. The van der Waals surface area contributed by atoms with E-state index in [2.05, 4.69) is 5.32 Å². The molecule has 0 bridgehead atoms. The molecule has 7 nitrogen and oxygen atoms in total. The number of fused-ring (bicyclic) bond motifs is 1.